The average molecular weight is 699 g/mol. The highest BCUT2D eigenvalue weighted by atomic mass is 127. The van der Waals surface area contributed by atoms with Gasteiger partial charge < -0.3 is 35.0 Å². The van der Waals surface area contributed by atoms with Crippen molar-refractivity contribution in [3.05, 3.63) is 67.8 Å². The first-order valence-electron chi connectivity index (χ1n) is 13.7. The highest BCUT2D eigenvalue weighted by molar-refractivity contribution is 14.1. The molecule has 2 amide bonds. The molecule has 0 bridgehead atoms. The summed E-state index contributed by atoms with van der Waals surface area (Å²) in [5.41, 5.74) is 1.83. The Hall–Kier alpha value is -2.38. The van der Waals surface area contributed by atoms with Crippen LogP contribution in [0.3, 0.4) is 0 Å². The molecular weight excluding hydrogens is 663 g/mol. The van der Waals surface area contributed by atoms with Gasteiger partial charge >= 0.3 is 0 Å². The van der Waals surface area contributed by atoms with Crippen molar-refractivity contribution in [2.75, 3.05) is 20.3 Å². The molecule has 0 unspecified atom stereocenters. The Morgan fingerprint density at radius 1 is 1.12 bits per heavy atom. The molecule has 2 aromatic rings. The summed E-state index contributed by atoms with van der Waals surface area (Å²) in [4.78, 5) is 28.8. The first kappa shape index (κ1) is 31.6. The standard InChI is InChI=1S/C30H36ClIN2O7/c1-40-26-13-19(17-36)12-23(32)28(26)41-25-15-21(29(38)33-10-11-35)14-24(27(25)37)34(30(39)20-4-2-3-5-20)16-18-6-8-22(31)9-7-18/h6-9,12-13,15,20,24-25,27,35-37H,2-5,10-11,14,16-17H2,1H3,(H,33,38)/t24-,25+,27+/m1/s1. The Labute approximate surface area is 258 Å². The Balaban J connectivity index is 1.72. The average Bonchev–Trinajstić information content (AvgIpc) is 3.52. The van der Waals surface area contributed by atoms with Crippen LogP contribution in [0.2, 0.25) is 5.02 Å². The van der Waals surface area contributed by atoms with Gasteiger partial charge in [-0.2, -0.15) is 0 Å². The molecule has 1 saturated carbocycles. The van der Waals surface area contributed by atoms with Gasteiger partial charge in [0.15, 0.2) is 11.5 Å². The molecular formula is C30H36ClIN2O7. The minimum atomic E-state index is -1.17. The zero-order chi connectivity index (χ0) is 29.5. The number of benzene rings is 2. The number of ether oxygens (including phenoxy) is 2. The molecule has 4 rings (SSSR count). The molecule has 2 aliphatic carbocycles. The van der Waals surface area contributed by atoms with Gasteiger partial charge in [0.25, 0.3) is 0 Å². The number of amides is 2. The maximum atomic E-state index is 14.0. The smallest absolute Gasteiger partial charge is 0.247 e. The third kappa shape index (κ3) is 7.72. The fourth-order valence-corrected chi connectivity index (χ4v) is 6.37. The van der Waals surface area contributed by atoms with E-state index in [0.717, 1.165) is 31.2 Å². The lowest BCUT2D eigenvalue weighted by atomic mass is 9.87. The first-order chi connectivity index (χ1) is 19.7. The number of hydrogen-bond donors (Lipinski definition) is 4. The van der Waals surface area contributed by atoms with Crippen LogP contribution in [0.25, 0.3) is 0 Å². The molecule has 2 aliphatic rings. The number of aliphatic hydroxyl groups excluding tert-OH is 3. The molecule has 9 nitrogen and oxygen atoms in total. The van der Waals surface area contributed by atoms with E-state index < -0.39 is 24.2 Å². The Morgan fingerprint density at radius 2 is 1.83 bits per heavy atom. The van der Waals surface area contributed by atoms with E-state index in [4.69, 9.17) is 21.1 Å². The predicted octanol–water partition coefficient (Wildman–Crippen LogP) is 3.58. The minimum absolute atomic E-state index is 0.0586. The number of carbonyl (C=O) groups is 2. The summed E-state index contributed by atoms with van der Waals surface area (Å²) in [6.45, 7) is -0.101. The third-order valence-electron chi connectivity index (χ3n) is 7.59. The summed E-state index contributed by atoms with van der Waals surface area (Å²) in [6, 6.07) is 9.86. The monoisotopic (exact) mass is 698 g/mol. The zero-order valence-corrected chi connectivity index (χ0v) is 25.8. The Morgan fingerprint density at radius 3 is 2.46 bits per heavy atom. The predicted molar refractivity (Wildman–Crippen MR) is 163 cm³/mol. The van der Waals surface area contributed by atoms with Gasteiger partial charge in [-0.15, -0.1) is 0 Å². The summed E-state index contributed by atoms with van der Waals surface area (Å²) in [5, 5.41) is 33.9. The van der Waals surface area contributed by atoms with Crippen molar-refractivity contribution in [1.29, 1.82) is 0 Å². The lowest BCUT2D eigenvalue weighted by Crippen LogP contribution is -2.55. The number of carbonyl (C=O) groups excluding carboxylic acids is 2. The van der Waals surface area contributed by atoms with Crippen LogP contribution in [0.15, 0.2) is 48.0 Å². The van der Waals surface area contributed by atoms with E-state index in [1.54, 1.807) is 35.2 Å². The van der Waals surface area contributed by atoms with Crippen LogP contribution in [-0.2, 0) is 22.7 Å². The van der Waals surface area contributed by atoms with Gasteiger partial charge in [0.1, 0.15) is 12.2 Å². The maximum Gasteiger partial charge on any atom is 0.247 e. The summed E-state index contributed by atoms with van der Waals surface area (Å²) < 4.78 is 12.5. The topological polar surface area (TPSA) is 129 Å². The van der Waals surface area contributed by atoms with Crippen LogP contribution in [0.4, 0.5) is 0 Å². The van der Waals surface area contributed by atoms with E-state index in [9.17, 15) is 24.9 Å². The van der Waals surface area contributed by atoms with E-state index in [2.05, 4.69) is 27.9 Å². The van der Waals surface area contributed by atoms with Gasteiger partial charge in [0.2, 0.25) is 11.8 Å². The second-order valence-electron chi connectivity index (χ2n) is 10.4. The minimum Gasteiger partial charge on any atom is -0.493 e. The molecule has 0 aliphatic heterocycles. The molecule has 0 radical (unpaired) electrons. The van der Waals surface area contributed by atoms with Crippen molar-refractivity contribution < 1.29 is 34.4 Å². The molecule has 0 heterocycles. The third-order valence-corrected chi connectivity index (χ3v) is 8.65. The molecule has 3 atom stereocenters. The second kappa shape index (κ2) is 14.7. The second-order valence-corrected chi connectivity index (χ2v) is 12.0. The van der Waals surface area contributed by atoms with Crippen molar-refractivity contribution in [3.63, 3.8) is 0 Å². The van der Waals surface area contributed by atoms with Gasteiger partial charge in [0, 0.05) is 36.0 Å². The van der Waals surface area contributed by atoms with E-state index in [0.29, 0.717) is 31.2 Å². The number of nitrogens with one attached hydrogen (secondary N) is 1. The van der Waals surface area contributed by atoms with E-state index in [1.807, 2.05) is 12.1 Å². The number of aliphatic hydroxyl groups is 3. The summed E-state index contributed by atoms with van der Waals surface area (Å²) in [5.74, 6) is 0.111. The van der Waals surface area contributed by atoms with Crippen LogP contribution < -0.4 is 14.8 Å². The largest absolute Gasteiger partial charge is 0.493 e. The quantitative estimate of drug-likeness (QED) is 0.264. The van der Waals surface area contributed by atoms with E-state index in [-0.39, 0.29) is 44.5 Å². The SMILES string of the molecule is COc1cc(CO)cc(I)c1O[C@H]1C=C(C(=O)NCCO)C[C@@H](N(Cc2ccc(Cl)cc2)C(=O)C2CCCC2)[C@@H]1O. The van der Waals surface area contributed by atoms with Gasteiger partial charge in [-0.1, -0.05) is 36.6 Å². The maximum absolute atomic E-state index is 14.0. The van der Waals surface area contributed by atoms with Crippen molar-refractivity contribution in [2.45, 2.75) is 63.5 Å². The van der Waals surface area contributed by atoms with Crippen molar-refractivity contribution >= 4 is 46.0 Å². The van der Waals surface area contributed by atoms with Gasteiger partial charge in [-0.25, -0.2) is 0 Å². The van der Waals surface area contributed by atoms with Crippen molar-refractivity contribution in [2.24, 2.45) is 5.92 Å². The fourth-order valence-electron chi connectivity index (χ4n) is 5.45. The van der Waals surface area contributed by atoms with Crippen molar-refractivity contribution in [1.82, 2.24) is 10.2 Å². The summed E-state index contributed by atoms with van der Waals surface area (Å²) in [7, 11) is 1.48. The molecule has 2 aromatic carbocycles. The molecule has 41 heavy (non-hydrogen) atoms. The van der Waals surface area contributed by atoms with Gasteiger partial charge in [0.05, 0.1) is 29.9 Å². The molecule has 0 aromatic heterocycles. The summed E-state index contributed by atoms with van der Waals surface area (Å²) in [6.07, 6.45) is 3.04. The highest BCUT2D eigenvalue weighted by Crippen LogP contribution is 2.38. The zero-order valence-electron chi connectivity index (χ0n) is 22.9. The number of halogens is 2. The molecule has 4 N–H and O–H groups in total. The van der Waals surface area contributed by atoms with Crippen LogP contribution in [-0.4, -0.2) is 70.5 Å². The molecule has 222 valence electrons. The van der Waals surface area contributed by atoms with Crippen LogP contribution in [0.1, 0.15) is 43.2 Å². The number of nitrogens with zero attached hydrogens (tertiary/aromatic N) is 1. The van der Waals surface area contributed by atoms with E-state index in [1.165, 1.54) is 7.11 Å². The lowest BCUT2D eigenvalue weighted by Gasteiger charge is -2.41. The van der Waals surface area contributed by atoms with Crippen molar-refractivity contribution in [3.8, 4) is 11.5 Å². The first-order valence-corrected chi connectivity index (χ1v) is 15.2. The Bertz CT molecular complexity index is 1250. The van der Waals surface area contributed by atoms with Crippen LogP contribution >= 0.6 is 34.2 Å². The van der Waals surface area contributed by atoms with Gasteiger partial charge in [-0.3, -0.25) is 9.59 Å². The van der Waals surface area contributed by atoms with Crippen LogP contribution in [0, 0.1) is 9.49 Å². The normalized spacial score (nSPS) is 20.8. The number of methoxy groups -OCH3 is 1. The van der Waals surface area contributed by atoms with Crippen LogP contribution in [0.5, 0.6) is 11.5 Å². The molecule has 1 fully saturated rings. The van der Waals surface area contributed by atoms with E-state index >= 15 is 0 Å². The highest BCUT2D eigenvalue weighted by Gasteiger charge is 2.42. The summed E-state index contributed by atoms with van der Waals surface area (Å²) >= 11 is 8.17. The lowest BCUT2D eigenvalue weighted by molar-refractivity contribution is -0.143. The Kier molecular flexibility index (Phi) is 11.3. The number of rotatable bonds is 11. The molecule has 11 heteroatoms. The van der Waals surface area contributed by atoms with Gasteiger partial charge in [-0.05, 0) is 76.9 Å². The number of hydrogen-bond acceptors (Lipinski definition) is 7. The molecule has 0 spiro atoms. The molecule has 0 saturated heterocycles. The fraction of sp³-hybridized carbons (Fsp3) is 0.467.